The number of aromatic nitrogens is 2. The average molecular weight is 391 g/mol. The van der Waals surface area contributed by atoms with E-state index in [0.29, 0.717) is 17.4 Å². The van der Waals surface area contributed by atoms with Crippen LogP contribution < -0.4 is 10.3 Å². The summed E-state index contributed by atoms with van der Waals surface area (Å²) < 4.78 is 6.67. The zero-order valence-electron chi connectivity index (χ0n) is 16.6. The molecule has 6 heteroatoms. The first-order valence-electron chi connectivity index (χ1n) is 10.0. The number of amides is 1. The molecule has 2 aromatic carbocycles. The maximum Gasteiger partial charge on any atom is 0.261 e. The molecule has 0 radical (unpaired) electrons. The van der Waals surface area contributed by atoms with E-state index in [-0.39, 0.29) is 24.1 Å². The minimum Gasteiger partial charge on any atom is -0.497 e. The molecular formula is C23H25N3O3. The molecule has 4 rings (SSSR count). The van der Waals surface area contributed by atoms with E-state index < -0.39 is 0 Å². The van der Waals surface area contributed by atoms with Gasteiger partial charge in [0.25, 0.3) is 5.56 Å². The van der Waals surface area contributed by atoms with E-state index >= 15 is 0 Å². The summed E-state index contributed by atoms with van der Waals surface area (Å²) in [7, 11) is 1.64. The summed E-state index contributed by atoms with van der Waals surface area (Å²) in [5.74, 6) is 0.751. The summed E-state index contributed by atoms with van der Waals surface area (Å²) in [5.41, 5.74) is 1.57. The predicted octanol–water partition coefficient (Wildman–Crippen LogP) is 3.55. The number of ether oxygens (including phenoxy) is 1. The smallest absolute Gasteiger partial charge is 0.261 e. The Morgan fingerprint density at radius 2 is 1.90 bits per heavy atom. The number of nitrogens with zero attached hydrogens (tertiary/aromatic N) is 3. The lowest BCUT2D eigenvalue weighted by Gasteiger charge is -2.31. The Bertz CT molecular complexity index is 1060. The first-order chi connectivity index (χ1) is 14.2. The highest BCUT2D eigenvalue weighted by Crippen LogP contribution is 2.31. The molecule has 1 fully saturated rings. The number of para-hydroxylation sites is 1. The number of rotatable bonds is 4. The summed E-state index contributed by atoms with van der Waals surface area (Å²) >= 11 is 0. The molecule has 0 bridgehead atoms. The van der Waals surface area contributed by atoms with Gasteiger partial charge < -0.3 is 9.64 Å². The van der Waals surface area contributed by atoms with Crippen LogP contribution in [0.2, 0.25) is 0 Å². The van der Waals surface area contributed by atoms with Gasteiger partial charge in [0.05, 0.1) is 30.4 Å². The van der Waals surface area contributed by atoms with Crippen molar-refractivity contribution in [2.45, 2.75) is 38.3 Å². The monoisotopic (exact) mass is 391 g/mol. The summed E-state index contributed by atoms with van der Waals surface area (Å²) in [6, 6.07) is 15.1. The number of carbonyl (C=O) groups excluding carboxylic acids is 1. The third kappa shape index (κ3) is 4.01. The van der Waals surface area contributed by atoms with Gasteiger partial charge in [-0.05, 0) is 42.7 Å². The van der Waals surface area contributed by atoms with Crippen LogP contribution in [0.15, 0.2) is 59.7 Å². The lowest BCUT2D eigenvalue weighted by Crippen LogP contribution is -2.39. The van der Waals surface area contributed by atoms with E-state index in [1.807, 2.05) is 41.3 Å². The highest BCUT2D eigenvalue weighted by atomic mass is 16.5. The SMILES string of the molecule is COc1ccc([C@@H]2CCCCCN2C(=O)Cn2cnc3ccccc3c2=O)cc1. The molecule has 1 aliphatic rings. The predicted molar refractivity (Wildman–Crippen MR) is 112 cm³/mol. The number of fused-ring (bicyclic) bond motifs is 1. The molecule has 1 aliphatic heterocycles. The third-order valence-corrected chi connectivity index (χ3v) is 5.61. The topological polar surface area (TPSA) is 64.4 Å². The van der Waals surface area contributed by atoms with Gasteiger partial charge >= 0.3 is 0 Å². The van der Waals surface area contributed by atoms with Gasteiger partial charge in [0, 0.05) is 6.54 Å². The normalized spacial score (nSPS) is 17.1. The van der Waals surface area contributed by atoms with Crippen LogP contribution in [0.25, 0.3) is 10.9 Å². The highest BCUT2D eigenvalue weighted by molar-refractivity contribution is 5.79. The fraction of sp³-hybridized carbons (Fsp3) is 0.348. The van der Waals surface area contributed by atoms with E-state index in [9.17, 15) is 9.59 Å². The van der Waals surface area contributed by atoms with Crippen LogP contribution in [0, 0.1) is 0 Å². The molecule has 1 aromatic heterocycles. The quantitative estimate of drug-likeness (QED) is 0.682. The Morgan fingerprint density at radius 1 is 1.10 bits per heavy atom. The maximum atomic E-state index is 13.2. The van der Waals surface area contributed by atoms with Gasteiger partial charge in [0.15, 0.2) is 0 Å². The summed E-state index contributed by atoms with van der Waals surface area (Å²) in [6.45, 7) is 0.703. The zero-order valence-corrected chi connectivity index (χ0v) is 16.6. The Morgan fingerprint density at radius 3 is 2.69 bits per heavy atom. The molecular weight excluding hydrogens is 366 g/mol. The van der Waals surface area contributed by atoms with Gasteiger partial charge in [-0.25, -0.2) is 4.98 Å². The molecule has 1 saturated heterocycles. The maximum absolute atomic E-state index is 13.2. The van der Waals surface area contributed by atoms with Crippen LogP contribution in [0.4, 0.5) is 0 Å². The van der Waals surface area contributed by atoms with Gasteiger partial charge in [-0.15, -0.1) is 0 Å². The number of benzene rings is 2. The molecule has 0 spiro atoms. The molecule has 3 aromatic rings. The number of methoxy groups -OCH3 is 1. The molecule has 0 N–H and O–H groups in total. The third-order valence-electron chi connectivity index (χ3n) is 5.61. The van der Waals surface area contributed by atoms with Gasteiger partial charge in [-0.2, -0.15) is 0 Å². The number of likely N-dealkylation sites (tertiary alicyclic amines) is 1. The Labute approximate surface area is 169 Å². The van der Waals surface area contributed by atoms with Crippen molar-refractivity contribution < 1.29 is 9.53 Å². The highest BCUT2D eigenvalue weighted by Gasteiger charge is 2.27. The Balaban J connectivity index is 1.61. The van der Waals surface area contributed by atoms with Crippen LogP contribution in [0.3, 0.4) is 0 Å². The molecule has 6 nitrogen and oxygen atoms in total. The molecule has 0 aliphatic carbocycles. The Hall–Kier alpha value is -3.15. The molecule has 1 amide bonds. The fourth-order valence-electron chi connectivity index (χ4n) is 4.03. The number of hydrogen-bond donors (Lipinski definition) is 0. The van der Waals surface area contributed by atoms with Gasteiger partial charge in [-0.3, -0.25) is 14.2 Å². The molecule has 29 heavy (non-hydrogen) atoms. The first kappa shape index (κ1) is 19.2. The van der Waals surface area contributed by atoms with Crippen LogP contribution in [-0.4, -0.2) is 34.0 Å². The summed E-state index contributed by atoms with van der Waals surface area (Å²) in [5, 5.41) is 0.533. The standard InChI is InChI=1S/C23H25N3O3/c1-29-18-12-10-17(11-13-18)21-9-3-2-6-14-26(21)22(27)15-25-16-24-20-8-5-4-7-19(20)23(25)28/h4-5,7-8,10-13,16,21H,2-3,6,9,14-15H2,1H3/t21-/m0/s1. The Kier molecular flexibility index (Phi) is 5.60. The molecule has 150 valence electrons. The van der Waals surface area contributed by atoms with Gasteiger partial charge in [0.2, 0.25) is 5.91 Å². The van der Waals surface area contributed by atoms with Gasteiger partial charge in [-0.1, -0.05) is 37.1 Å². The van der Waals surface area contributed by atoms with E-state index in [4.69, 9.17) is 4.74 Å². The van der Waals surface area contributed by atoms with Crippen molar-refractivity contribution in [2.24, 2.45) is 0 Å². The van der Waals surface area contributed by atoms with Gasteiger partial charge in [0.1, 0.15) is 12.3 Å². The van der Waals surface area contributed by atoms with Crippen molar-refractivity contribution >= 4 is 16.8 Å². The largest absolute Gasteiger partial charge is 0.497 e. The van der Waals surface area contributed by atoms with E-state index in [1.165, 1.54) is 10.9 Å². The van der Waals surface area contributed by atoms with E-state index in [0.717, 1.165) is 37.0 Å². The molecule has 1 atom stereocenters. The zero-order chi connectivity index (χ0) is 20.2. The molecule has 2 heterocycles. The minimum absolute atomic E-state index is 0.00330. The van der Waals surface area contributed by atoms with Crippen molar-refractivity contribution in [1.29, 1.82) is 0 Å². The second-order valence-corrected chi connectivity index (χ2v) is 7.42. The molecule has 0 saturated carbocycles. The fourth-order valence-corrected chi connectivity index (χ4v) is 4.03. The van der Waals surface area contributed by atoms with Crippen molar-refractivity contribution in [2.75, 3.05) is 13.7 Å². The lowest BCUT2D eigenvalue weighted by molar-refractivity contribution is -0.134. The second kappa shape index (κ2) is 8.47. The lowest BCUT2D eigenvalue weighted by atomic mass is 10.0. The van der Waals surface area contributed by atoms with Crippen molar-refractivity contribution in [3.05, 3.63) is 70.8 Å². The number of hydrogen-bond acceptors (Lipinski definition) is 4. The number of carbonyl (C=O) groups is 1. The van der Waals surface area contributed by atoms with Crippen molar-refractivity contribution in [3.63, 3.8) is 0 Å². The van der Waals surface area contributed by atoms with Crippen LogP contribution >= 0.6 is 0 Å². The van der Waals surface area contributed by atoms with E-state index in [1.54, 1.807) is 19.2 Å². The average Bonchev–Trinajstić information content (AvgIpc) is 3.02. The van der Waals surface area contributed by atoms with Crippen molar-refractivity contribution in [3.8, 4) is 5.75 Å². The second-order valence-electron chi connectivity index (χ2n) is 7.42. The van der Waals surface area contributed by atoms with E-state index in [2.05, 4.69) is 4.98 Å². The van der Waals surface area contributed by atoms with Crippen LogP contribution in [0.1, 0.15) is 37.3 Å². The molecule has 0 unspecified atom stereocenters. The van der Waals surface area contributed by atoms with Crippen LogP contribution in [-0.2, 0) is 11.3 Å². The van der Waals surface area contributed by atoms with Crippen LogP contribution in [0.5, 0.6) is 5.75 Å². The summed E-state index contributed by atoms with van der Waals surface area (Å²) in [4.78, 5) is 32.3. The van der Waals surface area contributed by atoms with Crippen molar-refractivity contribution in [1.82, 2.24) is 14.5 Å². The summed E-state index contributed by atoms with van der Waals surface area (Å²) in [6.07, 6.45) is 5.56. The minimum atomic E-state index is -0.181. The first-order valence-corrected chi connectivity index (χ1v) is 10.0.